The summed E-state index contributed by atoms with van der Waals surface area (Å²) >= 11 is 0. The summed E-state index contributed by atoms with van der Waals surface area (Å²) in [6.45, 7) is 8.18. The topological polar surface area (TPSA) is 18.5 Å². The van der Waals surface area contributed by atoms with E-state index in [1.807, 2.05) is 30.3 Å². The van der Waals surface area contributed by atoms with Crippen molar-refractivity contribution in [2.45, 2.75) is 58.3 Å². The molecule has 6 atom stereocenters. The first kappa shape index (κ1) is 16.2. The van der Waals surface area contributed by atoms with Crippen LogP contribution in [-0.4, -0.2) is 12.4 Å². The van der Waals surface area contributed by atoms with E-state index >= 15 is 0 Å². The summed E-state index contributed by atoms with van der Waals surface area (Å²) < 4.78 is 12.7. The van der Waals surface area contributed by atoms with E-state index < -0.39 is 0 Å². The van der Waals surface area contributed by atoms with Crippen LogP contribution in [0.25, 0.3) is 6.08 Å². The highest BCUT2D eigenvalue weighted by atomic mass is 16.7. The minimum absolute atomic E-state index is 0.149. The van der Waals surface area contributed by atoms with Crippen molar-refractivity contribution in [3.8, 4) is 5.75 Å². The number of rotatable bonds is 6. The van der Waals surface area contributed by atoms with Crippen LogP contribution in [-0.2, 0) is 4.74 Å². The molecule has 1 aromatic carbocycles. The number of ether oxygens (including phenoxy) is 2. The lowest BCUT2D eigenvalue weighted by Gasteiger charge is -2.35. The van der Waals surface area contributed by atoms with E-state index in [1.54, 1.807) is 0 Å². The van der Waals surface area contributed by atoms with Gasteiger partial charge in [0, 0.05) is 5.92 Å². The predicted molar refractivity (Wildman–Crippen MR) is 97.7 cm³/mol. The van der Waals surface area contributed by atoms with Crippen molar-refractivity contribution < 1.29 is 9.47 Å². The van der Waals surface area contributed by atoms with E-state index in [1.165, 1.54) is 32.1 Å². The van der Waals surface area contributed by atoms with E-state index in [4.69, 9.17) is 9.47 Å². The first-order valence-corrected chi connectivity index (χ1v) is 9.70. The lowest BCUT2D eigenvalue weighted by Crippen LogP contribution is -2.37. The second-order valence-electron chi connectivity index (χ2n) is 8.33. The van der Waals surface area contributed by atoms with E-state index in [-0.39, 0.29) is 6.29 Å². The Kier molecular flexibility index (Phi) is 4.42. The normalized spacial score (nSPS) is 35.2. The van der Waals surface area contributed by atoms with E-state index in [0.717, 1.165) is 35.0 Å². The van der Waals surface area contributed by atoms with Crippen molar-refractivity contribution in [1.29, 1.82) is 0 Å². The van der Waals surface area contributed by atoms with Gasteiger partial charge in [-0.15, -0.1) is 0 Å². The molecule has 0 aromatic heterocycles. The van der Waals surface area contributed by atoms with Gasteiger partial charge in [-0.2, -0.15) is 0 Å². The fourth-order valence-corrected chi connectivity index (χ4v) is 5.47. The smallest absolute Gasteiger partial charge is 0.202 e. The Balaban J connectivity index is 1.41. The highest BCUT2D eigenvalue weighted by molar-refractivity contribution is 5.48. The van der Waals surface area contributed by atoms with Crippen LogP contribution in [0.4, 0.5) is 0 Å². The summed E-state index contributed by atoms with van der Waals surface area (Å²) in [4.78, 5) is 0. The van der Waals surface area contributed by atoms with E-state index in [9.17, 15) is 0 Å². The van der Waals surface area contributed by atoms with Crippen molar-refractivity contribution in [1.82, 2.24) is 0 Å². The van der Waals surface area contributed by atoms with Gasteiger partial charge >= 0.3 is 0 Å². The lowest BCUT2D eigenvalue weighted by atomic mass is 9.80. The molecule has 2 bridgehead atoms. The molecule has 1 aromatic rings. The molecule has 130 valence electrons. The van der Waals surface area contributed by atoms with E-state index in [0.29, 0.717) is 12.0 Å². The number of hydrogen-bond acceptors (Lipinski definition) is 2. The van der Waals surface area contributed by atoms with Gasteiger partial charge in [0.1, 0.15) is 5.75 Å². The van der Waals surface area contributed by atoms with Gasteiger partial charge in [-0.1, -0.05) is 45.1 Å². The zero-order chi connectivity index (χ0) is 16.7. The van der Waals surface area contributed by atoms with Gasteiger partial charge in [0.25, 0.3) is 0 Å². The zero-order valence-electron chi connectivity index (χ0n) is 15.0. The molecule has 0 heterocycles. The first-order valence-electron chi connectivity index (χ1n) is 9.70. The Morgan fingerprint density at radius 2 is 1.79 bits per heavy atom. The van der Waals surface area contributed by atoms with Crippen molar-refractivity contribution in [2.24, 2.45) is 29.6 Å². The minimum Gasteiger partial charge on any atom is -0.465 e. The number of benzene rings is 1. The molecule has 24 heavy (non-hydrogen) atoms. The summed E-state index contributed by atoms with van der Waals surface area (Å²) in [5.74, 6) is 4.90. The molecule has 0 aliphatic heterocycles. The van der Waals surface area contributed by atoms with Crippen LogP contribution in [0.15, 0.2) is 30.8 Å². The van der Waals surface area contributed by atoms with Gasteiger partial charge in [0.05, 0.1) is 6.10 Å². The second-order valence-corrected chi connectivity index (χ2v) is 8.33. The maximum Gasteiger partial charge on any atom is 0.202 e. The summed E-state index contributed by atoms with van der Waals surface area (Å²) in [7, 11) is 0. The third-order valence-electron chi connectivity index (χ3n) is 6.59. The minimum atomic E-state index is -0.149. The van der Waals surface area contributed by atoms with Gasteiger partial charge in [-0.25, -0.2) is 0 Å². The molecule has 0 amide bonds. The third kappa shape index (κ3) is 2.90. The third-order valence-corrected chi connectivity index (χ3v) is 6.59. The molecule has 3 aliphatic carbocycles. The average Bonchev–Trinajstić information content (AvgIpc) is 3.27. The Morgan fingerprint density at radius 1 is 1.04 bits per heavy atom. The Bertz CT molecular complexity index is 576. The predicted octanol–water partition coefficient (Wildman–Crippen LogP) is 5.53. The largest absolute Gasteiger partial charge is 0.465 e. The van der Waals surface area contributed by atoms with Gasteiger partial charge in [0.2, 0.25) is 6.29 Å². The molecule has 3 fully saturated rings. The van der Waals surface area contributed by atoms with Crippen LogP contribution in [0.5, 0.6) is 5.75 Å². The fraction of sp³-hybridized carbons (Fsp3) is 0.636. The summed E-state index contributed by atoms with van der Waals surface area (Å²) in [6.07, 6.45) is 9.12. The van der Waals surface area contributed by atoms with Crippen LogP contribution >= 0.6 is 0 Å². The van der Waals surface area contributed by atoms with Crippen LogP contribution in [0.3, 0.4) is 0 Å². The maximum absolute atomic E-state index is 6.53. The molecule has 3 aliphatic rings. The van der Waals surface area contributed by atoms with Crippen molar-refractivity contribution in [3.63, 3.8) is 0 Å². The molecular weight excluding hydrogens is 296 g/mol. The van der Waals surface area contributed by atoms with Gasteiger partial charge in [0.15, 0.2) is 0 Å². The standard InChI is InChI=1S/C22H30O2/c1-4-15-8-10-17(11-9-15)23-22(14(2)3)24-21-13-16-12-20(21)19-7-5-6-18(16)19/h4,8-11,14,16,18-22H,1,5-7,12-13H2,2-3H3. The summed E-state index contributed by atoms with van der Waals surface area (Å²) in [5, 5.41) is 0. The van der Waals surface area contributed by atoms with Crippen molar-refractivity contribution in [2.75, 3.05) is 0 Å². The highest BCUT2D eigenvalue weighted by Crippen LogP contribution is 2.59. The lowest BCUT2D eigenvalue weighted by molar-refractivity contribution is -0.162. The second kappa shape index (κ2) is 6.55. The molecule has 0 radical (unpaired) electrons. The molecule has 3 saturated carbocycles. The van der Waals surface area contributed by atoms with Crippen LogP contribution in [0, 0.1) is 29.6 Å². The van der Waals surface area contributed by atoms with Crippen LogP contribution in [0.2, 0.25) is 0 Å². The molecule has 6 unspecified atom stereocenters. The quantitative estimate of drug-likeness (QED) is 0.640. The molecule has 0 N–H and O–H groups in total. The number of hydrogen-bond donors (Lipinski definition) is 0. The molecule has 2 heteroatoms. The highest BCUT2D eigenvalue weighted by Gasteiger charge is 2.54. The van der Waals surface area contributed by atoms with Crippen LogP contribution in [0.1, 0.15) is 51.5 Å². The SMILES string of the molecule is C=Cc1ccc(OC(OC2CC3CC2C2CCCC32)C(C)C)cc1. The Morgan fingerprint density at radius 3 is 2.50 bits per heavy atom. The molecule has 0 saturated heterocycles. The Labute approximate surface area is 146 Å². The molecular formula is C22H30O2. The average molecular weight is 326 g/mol. The maximum atomic E-state index is 6.53. The monoisotopic (exact) mass is 326 g/mol. The number of fused-ring (bicyclic) bond motifs is 5. The van der Waals surface area contributed by atoms with Crippen molar-refractivity contribution in [3.05, 3.63) is 36.4 Å². The fourth-order valence-electron chi connectivity index (χ4n) is 5.47. The summed E-state index contributed by atoms with van der Waals surface area (Å²) in [5.41, 5.74) is 1.12. The van der Waals surface area contributed by atoms with Gasteiger partial charge < -0.3 is 9.47 Å². The van der Waals surface area contributed by atoms with Crippen LogP contribution < -0.4 is 4.74 Å². The molecule has 0 spiro atoms. The zero-order valence-corrected chi connectivity index (χ0v) is 15.0. The summed E-state index contributed by atoms with van der Waals surface area (Å²) in [6, 6.07) is 8.12. The van der Waals surface area contributed by atoms with Gasteiger partial charge in [-0.3, -0.25) is 0 Å². The molecule has 2 nitrogen and oxygen atoms in total. The molecule has 4 rings (SSSR count). The Hall–Kier alpha value is -1.28. The first-order chi connectivity index (χ1) is 11.7. The van der Waals surface area contributed by atoms with E-state index in [2.05, 4.69) is 20.4 Å². The van der Waals surface area contributed by atoms with Gasteiger partial charge in [-0.05, 0) is 67.1 Å². The van der Waals surface area contributed by atoms with Crippen molar-refractivity contribution >= 4 is 6.08 Å².